The molecule has 1 amide bonds. The third kappa shape index (κ3) is 3.56. The summed E-state index contributed by atoms with van der Waals surface area (Å²) < 4.78 is 1.04. The van der Waals surface area contributed by atoms with Gasteiger partial charge in [0.05, 0.1) is 6.04 Å². The molecule has 0 radical (unpaired) electrons. The Morgan fingerprint density at radius 2 is 2.17 bits per heavy atom. The molecule has 0 saturated carbocycles. The number of hydrogen-bond acceptors (Lipinski definition) is 2. The maximum absolute atomic E-state index is 12.1. The van der Waals surface area contributed by atoms with Crippen molar-refractivity contribution in [1.82, 2.24) is 10.6 Å². The second-order valence-corrected chi connectivity index (χ2v) is 5.73. The van der Waals surface area contributed by atoms with Gasteiger partial charge in [-0.2, -0.15) is 0 Å². The summed E-state index contributed by atoms with van der Waals surface area (Å²) in [6, 6.07) is 8.13. The lowest BCUT2D eigenvalue weighted by Crippen LogP contribution is -2.39. The van der Waals surface area contributed by atoms with Crippen LogP contribution in [0, 0.1) is 5.92 Å². The minimum Gasteiger partial charge on any atom is -0.349 e. The molecule has 1 aromatic carbocycles. The van der Waals surface area contributed by atoms with E-state index in [1.807, 2.05) is 31.2 Å². The van der Waals surface area contributed by atoms with Gasteiger partial charge >= 0.3 is 0 Å². The fourth-order valence-corrected chi connectivity index (χ4v) is 2.69. The number of piperidine rings is 1. The van der Waals surface area contributed by atoms with Crippen LogP contribution in [0.2, 0.25) is 0 Å². The van der Waals surface area contributed by atoms with Crippen LogP contribution in [0.25, 0.3) is 0 Å². The van der Waals surface area contributed by atoms with E-state index in [-0.39, 0.29) is 17.9 Å². The molecule has 2 N–H and O–H groups in total. The molecule has 4 heteroatoms. The maximum atomic E-state index is 12.1. The number of amides is 1. The van der Waals surface area contributed by atoms with Crippen LogP contribution in [-0.4, -0.2) is 19.0 Å². The predicted octanol–water partition coefficient (Wildman–Crippen LogP) is 2.63. The van der Waals surface area contributed by atoms with Gasteiger partial charge in [0.2, 0.25) is 5.91 Å². The van der Waals surface area contributed by atoms with Crippen LogP contribution in [0.1, 0.15) is 31.4 Å². The van der Waals surface area contributed by atoms with E-state index < -0.39 is 0 Å². The summed E-state index contributed by atoms with van der Waals surface area (Å²) in [5.41, 5.74) is 1.13. The summed E-state index contributed by atoms with van der Waals surface area (Å²) in [6.45, 7) is 3.92. The molecule has 1 heterocycles. The molecule has 1 aliphatic rings. The molecule has 1 saturated heterocycles. The Hall–Kier alpha value is -0.870. The van der Waals surface area contributed by atoms with Crippen molar-refractivity contribution in [3.63, 3.8) is 0 Å². The fourth-order valence-electron chi connectivity index (χ4n) is 2.27. The van der Waals surface area contributed by atoms with Crippen molar-refractivity contribution in [1.29, 1.82) is 0 Å². The number of rotatable bonds is 3. The van der Waals surface area contributed by atoms with Gasteiger partial charge in [0, 0.05) is 10.4 Å². The largest absolute Gasteiger partial charge is 0.349 e. The van der Waals surface area contributed by atoms with Crippen molar-refractivity contribution in [2.24, 2.45) is 5.92 Å². The van der Waals surface area contributed by atoms with Crippen molar-refractivity contribution in [2.45, 2.75) is 25.8 Å². The molecule has 18 heavy (non-hydrogen) atoms. The Bertz CT molecular complexity index is 416. The quantitative estimate of drug-likeness (QED) is 0.901. The first kappa shape index (κ1) is 13.6. The second-order valence-electron chi connectivity index (χ2n) is 4.81. The zero-order valence-electron chi connectivity index (χ0n) is 10.6. The van der Waals surface area contributed by atoms with E-state index in [0.29, 0.717) is 0 Å². The molecule has 0 aliphatic carbocycles. The zero-order valence-corrected chi connectivity index (χ0v) is 12.2. The normalized spacial score (nSPS) is 18.3. The number of carbonyl (C=O) groups excluding carboxylic acids is 1. The lowest BCUT2D eigenvalue weighted by atomic mass is 9.96. The summed E-state index contributed by atoms with van der Waals surface area (Å²) in [5.74, 6) is 0.352. The van der Waals surface area contributed by atoms with Crippen LogP contribution in [0.3, 0.4) is 0 Å². The highest BCUT2D eigenvalue weighted by Crippen LogP contribution is 2.19. The third-order valence-corrected chi connectivity index (χ3v) is 3.91. The van der Waals surface area contributed by atoms with Gasteiger partial charge in [0.1, 0.15) is 0 Å². The van der Waals surface area contributed by atoms with Crippen molar-refractivity contribution in [3.8, 4) is 0 Å². The minimum absolute atomic E-state index is 0.0601. The molecule has 0 spiro atoms. The average molecular weight is 311 g/mol. The first-order valence-corrected chi connectivity index (χ1v) is 7.22. The molecule has 98 valence electrons. The number of halogens is 1. The first-order valence-electron chi connectivity index (χ1n) is 6.43. The molecule has 1 aliphatic heterocycles. The van der Waals surface area contributed by atoms with E-state index in [1.54, 1.807) is 0 Å². The van der Waals surface area contributed by atoms with Crippen molar-refractivity contribution < 1.29 is 4.79 Å². The molecule has 1 atom stereocenters. The number of benzene rings is 1. The van der Waals surface area contributed by atoms with Gasteiger partial charge in [-0.05, 0) is 50.6 Å². The van der Waals surface area contributed by atoms with Crippen molar-refractivity contribution in [3.05, 3.63) is 34.3 Å². The Kier molecular flexibility index (Phi) is 4.78. The SMILES string of the molecule is C[C@H](NC(=O)C1CCNCC1)c1cccc(Br)c1. The number of hydrogen-bond donors (Lipinski definition) is 2. The number of carbonyl (C=O) groups is 1. The summed E-state index contributed by atoms with van der Waals surface area (Å²) in [4.78, 5) is 12.1. The monoisotopic (exact) mass is 310 g/mol. The van der Waals surface area contributed by atoms with Gasteiger partial charge in [-0.25, -0.2) is 0 Å². The van der Waals surface area contributed by atoms with Crippen LogP contribution in [-0.2, 0) is 4.79 Å². The first-order chi connectivity index (χ1) is 8.66. The molecular formula is C14H19BrN2O. The molecule has 0 aromatic heterocycles. The average Bonchev–Trinajstić information content (AvgIpc) is 2.39. The molecule has 2 rings (SSSR count). The molecule has 1 fully saturated rings. The van der Waals surface area contributed by atoms with E-state index in [0.717, 1.165) is 36.0 Å². The summed E-state index contributed by atoms with van der Waals surface area (Å²) in [5, 5.41) is 6.38. The van der Waals surface area contributed by atoms with Crippen LogP contribution in [0.4, 0.5) is 0 Å². The standard InChI is InChI=1S/C14H19BrN2O/c1-10(12-3-2-4-13(15)9-12)17-14(18)11-5-7-16-8-6-11/h2-4,9-11,16H,5-8H2,1H3,(H,17,18)/t10-/m0/s1. The summed E-state index contributed by atoms with van der Waals surface area (Å²) in [7, 11) is 0. The maximum Gasteiger partial charge on any atom is 0.223 e. The van der Waals surface area contributed by atoms with Gasteiger partial charge in [-0.15, -0.1) is 0 Å². The zero-order chi connectivity index (χ0) is 13.0. The molecule has 0 bridgehead atoms. The smallest absolute Gasteiger partial charge is 0.223 e. The summed E-state index contributed by atoms with van der Waals surface area (Å²) >= 11 is 3.45. The topological polar surface area (TPSA) is 41.1 Å². The number of nitrogens with one attached hydrogen (secondary N) is 2. The van der Waals surface area contributed by atoms with Crippen LogP contribution < -0.4 is 10.6 Å². The molecule has 0 unspecified atom stereocenters. The van der Waals surface area contributed by atoms with E-state index >= 15 is 0 Å². The highest BCUT2D eigenvalue weighted by molar-refractivity contribution is 9.10. The Balaban J connectivity index is 1.94. The molecular weight excluding hydrogens is 292 g/mol. The van der Waals surface area contributed by atoms with Gasteiger partial charge in [-0.3, -0.25) is 4.79 Å². The van der Waals surface area contributed by atoms with Gasteiger partial charge in [-0.1, -0.05) is 28.1 Å². The lowest BCUT2D eigenvalue weighted by Gasteiger charge is -2.24. The van der Waals surface area contributed by atoms with Crippen molar-refractivity contribution in [2.75, 3.05) is 13.1 Å². The van der Waals surface area contributed by atoms with Gasteiger partial charge in [0.25, 0.3) is 0 Å². The fraction of sp³-hybridized carbons (Fsp3) is 0.500. The lowest BCUT2D eigenvalue weighted by molar-refractivity contribution is -0.126. The molecule has 3 nitrogen and oxygen atoms in total. The van der Waals surface area contributed by atoms with Crippen LogP contribution in [0.5, 0.6) is 0 Å². The molecule has 1 aromatic rings. The Morgan fingerprint density at radius 1 is 1.44 bits per heavy atom. The van der Waals surface area contributed by atoms with Crippen LogP contribution in [0.15, 0.2) is 28.7 Å². The minimum atomic E-state index is 0.0601. The van der Waals surface area contributed by atoms with E-state index in [4.69, 9.17) is 0 Å². The highest BCUT2D eigenvalue weighted by atomic mass is 79.9. The van der Waals surface area contributed by atoms with Gasteiger partial charge < -0.3 is 10.6 Å². The highest BCUT2D eigenvalue weighted by Gasteiger charge is 2.22. The van der Waals surface area contributed by atoms with E-state index in [1.165, 1.54) is 0 Å². The van der Waals surface area contributed by atoms with E-state index in [2.05, 4.69) is 26.6 Å². The Morgan fingerprint density at radius 3 is 2.83 bits per heavy atom. The summed E-state index contributed by atoms with van der Waals surface area (Å²) in [6.07, 6.45) is 1.88. The van der Waals surface area contributed by atoms with Crippen molar-refractivity contribution >= 4 is 21.8 Å². The van der Waals surface area contributed by atoms with E-state index in [9.17, 15) is 4.79 Å². The van der Waals surface area contributed by atoms with Crippen LogP contribution >= 0.6 is 15.9 Å². The Labute approximate surface area is 116 Å². The third-order valence-electron chi connectivity index (χ3n) is 3.42. The predicted molar refractivity (Wildman–Crippen MR) is 76.3 cm³/mol. The van der Waals surface area contributed by atoms with Gasteiger partial charge in [0.15, 0.2) is 0 Å². The second kappa shape index (κ2) is 6.34.